The molecular weight excluding hydrogens is 368 g/mol. The summed E-state index contributed by atoms with van der Waals surface area (Å²) < 4.78 is 38.1. The molecule has 0 saturated carbocycles. The Morgan fingerprint density at radius 3 is 2.52 bits per heavy atom. The molecule has 2 aliphatic heterocycles. The summed E-state index contributed by atoms with van der Waals surface area (Å²) in [6, 6.07) is 1.92. The third-order valence-corrected chi connectivity index (χ3v) is 7.12. The number of rotatable bonds is 4. The maximum absolute atomic E-state index is 13.3. The van der Waals surface area contributed by atoms with Crippen molar-refractivity contribution in [3.05, 3.63) is 17.2 Å². The minimum absolute atomic E-state index is 0.0534. The highest BCUT2D eigenvalue weighted by molar-refractivity contribution is 7.89. The lowest BCUT2D eigenvalue weighted by Gasteiger charge is -2.40. The number of piperazine rings is 1. The summed E-state index contributed by atoms with van der Waals surface area (Å²) in [6.45, 7) is 2.59. The second kappa shape index (κ2) is 6.66. The van der Waals surface area contributed by atoms with Crippen molar-refractivity contribution in [3.8, 4) is 11.5 Å². The summed E-state index contributed by atoms with van der Waals surface area (Å²) >= 11 is 6.07. The van der Waals surface area contributed by atoms with Crippen molar-refractivity contribution in [1.82, 2.24) is 9.21 Å². The molecule has 138 valence electrons. The Labute approximate surface area is 152 Å². The highest BCUT2D eigenvalue weighted by atomic mass is 35.5. The van der Waals surface area contributed by atoms with Gasteiger partial charge in [-0.25, -0.2) is 8.42 Å². The third kappa shape index (κ3) is 2.96. The van der Waals surface area contributed by atoms with Gasteiger partial charge in [0.2, 0.25) is 15.9 Å². The molecule has 0 unspecified atom stereocenters. The summed E-state index contributed by atoms with van der Waals surface area (Å²) in [5.41, 5.74) is 0. The van der Waals surface area contributed by atoms with Gasteiger partial charge in [0.1, 0.15) is 22.4 Å². The van der Waals surface area contributed by atoms with Gasteiger partial charge in [0.15, 0.2) is 0 Å². The molecule has 0 N–H and O–H groups in total. The van der Waals surface area contributed by atoms with Crippen LogP contribution in [-0.4, -0.2) is 62.9 Å². The highest BCUT2D eigenvalue weighted by Gasteiger charge is 2.46. The first kappa shape index (κ1) is 18.3. The van der Waals surface area contributed by atoms with Crippen LogP contribution in [0.15, 0.2) is 17.0 Å². The van der Waals surface area contributed by atoms with E-state index in [0.29, 0.717) is 6.54 Å². The maximum atomic E-state index is 13.3. The topological polar surface area (TPSA) is 76.2 Å². The highest BCUT2D eigenvalue weighted by Crippen LogP contribution is 2.38. The zero-order valence-corrected chi connectivity index (χ0v) is 15.9. The maximum Gasteiger partial charge on any atom is 0.247 e. The van der Waals surface area contributed by atoms with E-state index in [0.717, 1.165) is 12.8 Å². The second-order valence-electron chi connectivity index (χ2n) is 6.22. The Bertz CT molecular complexity index is 798. The number of halogens is 1. The van der Waals surface area contributed by atoms with E-state index in [4.69, 9.17) is 21.1 Å². The smallest absolute Gasteiger partial charge is 0.247 e. The average molecular weight is 389 g/mol. The fraction of sp³-hybridized carbons (Fsp3) is 0.562. The van der Waals surface area contributed by atoms with Crippen molar-refractivity contribution in [2.45, 2.75) is 36.7 Å². The number of sulfonamides is 1. The SMILES string of the molecule is COc1cc(S(=O)(=O)N2C[C@H]3CCCN3C(=O)[C@@H]2C)c(OC)cc1Cl. The number of methoxy groups -OCH3 is 2. The largest absolute Gasteiger partial charge is 0.495 e. The fourth-order valence-electron chi connectivity index (χ4n) is 3.51. The first-order valence-corrected chi connectivity index (χ1v) is 9.87. The molecule has 2 saturated heterocycles. The zero-order chi connectivity index (χ0) is 18.4. The first-order valence-electron chi connectivity index (χ1n) is 8.05. The van der Waals surface area contributed by atoms with Crippen molar-refractivity contribution in [1.29, 1.82) is 0 Å². The van der Waals surface area contributed by atoms with Crippen LogP contribution in [0.1, 0.15) is 19.8 Å². The van der Waals surface area contributed by atoms with Gasteiger partial charge in [-0.15, -0.1) is 0 Å². The minimum atomic E-state index is -3.95. The van der Waals surface area contributed by atoms with Crippen LogP contribution < -0.4 is 9.47 Å². The van der Waals surface area contributed by atoms with Crippen LogP contribution in [-0.2, 0) is 14.8 Å². The van der Waals surface area contributed by atoms with Gasteiger partial charge in [-0.05, 0) is 19.8 Å². The molecule has 2 atom stereocenters. The number of amides is 1. The minimum Gasteiger partial charge on any atom is -0.495 e. The number of carbonyl (C=O) groups is 1. The van der Waals surface area contributed by atoms with Gasteiger partial charge < -0.3 is 14.4 Å². The fourth-order valence-corrected chi connectivity index (χ4v) is 5.52. The van der Waals surface area contributed by atoms with Crippen LogP contribution in [0.2, 0.25) is 5.02 Å². The lowest BCUT2D eigenvalue weighted by molar-refractivity contribution is -0.139. The molecule has 25 heavy (non-hydrogen) atoms. The summed E-state index contributed by atoms with van der Waals surface area (Å²) in [5, 5.41) is 0.253. The summed E-state index contributed by atoms with van der Waals surface area (Å²) in [5.74, 6) is 0.205. The van der Waals surface area contributed by atoms with Crippen molar-refractivity contribution >= 4 is 27.5 Å². The molecule has 9 heteroatoms. The molecule has 0 radical (unpaired) electrons. The van der Waals surface area contributed by atoms with Gasteiger partial charge in [0.05, 0.1) is 19.2 Å². The van der Waals surface area contributed by atoms with E-state index >= 15 is 0 Å². The zero-order valence-electron chi connectivity index (χ0n) is 14.4. The molecule has 1 amide bonds. The average Bonchev–Trinajstić information content (AvgIpc) is 3.06. The first-order chi connectivity index (χ1) is 11.8. The molecule has 1 aromatic carbocycles. The number of hydrogen-bond donors (Lipinski definition) is 0. The van der Waals surface area contributed by atoms with Gasteiger partial charge in [-0.2, -0.15) is 4.31 Å². The normalized spacial score (nSPS) is 24.3. The molecule has 7 nitrogen and oxygen atoms in total. The van der Waals surface area contributed by atoms with E-state index in [1.807, 2.05) is 0 Å². The van der Waals surface area contributed by atoms with Crippen LogP contribution in [0, 0.1) is 0 Å². The number of hydrogen-bond acceptors (Lipinski definition) is 5. The second-order valence-corrected chi connectivity index (χ2v) is 8.48. The van der Waals surface area contributed by atoms with E-state index in [2.05, 4.69) is 0 Å². The summed E-state index contributed by atoms with van der Waals surface area (Å²) in [4.78, 5) is 14.3. The predicted molar refractivity (Wildman–Crippen MR) is 92.6 cm³/mol. The van der Waals surface area contributed by atoms with Crippen molar-refractivity contribution < 1.29 is 22.7 Å². The van der Waals surface area contributed by atoms with E-state index in [1.54, 1.807) is 11.8 Å². The predicted octanol–water partition coefficient (Wildman–Crippen LogP) is 1.74. The van der Waals surface area contributed by atoms with Gasteiger partial charge in [-0.3, -0.25) is 4.79 Å². The quantitative estimate of drug-likeness (QED) is 0.785. The van der Waals surface area contributed by atoms with E-state index in [1.165, 1.54) is 30.7 Å². The number of carbonyl (C=O) groups excluding carboxylic acids is 1. The summed E-state index contributed by atoms with van der Waals surface area (Å²) in [6.07, 6.45) is 1.71. The number of nitrogens with zero attached hydrogens (tertiary/aromatic N) is 2. The molecule has 3 rings (SSSR count). The van der Waals surface area contributed by atoms with Crippen molar-refractivity contribution in [2.24, 2.45) is 0 Å². The third-order valence-electron chi connectivity index (χ3n) is 4.86. The molecule has 2 heterocycles. The Morgan fingerprint density at radius 1 is 1.20 bits per heavy atom. The molecule has 1 aromatic rings. The number of ether oxygens (including phenoxy) is 2. The van der Waals surface area contributed by atoms with Crippen LogP contribution in [0.3, 0.4) is 0 Å². The van der Waals surface area contributed by atoms with Gasteiger partial charge in [0, 0.05) is 31.3 Å². The molecule has 0 aromatic heterocycles. The number of benzene rings is 1. The number of fused-ring (bicyclic) bond motifs is 1. The van der Waals surface area contributed by atoms with Crippen LogP contribution in [0.5, 0.6) is 11.5 Å². The molecule has 2 fully saturated rings. The standard InChI is InChI=1S/C16H21ClN2O5S/c1-10-16(20)18-6-4-5-11(18)9-19(10)25(21,22)15-8-13(23-2)12(17)7-14(15)24-3/h7-8,10-11H,4-6,9H2,1-3H3/t10-,11+/m0/s1. The molecular formula is C16H21ClN2O5S. The van der Waals surface area contributed by atoms with E-state index in [-0.39, 0.29) is 39.9 Å². The Balaban J connectivity index is 2.05. The van der Waals surface area contributed by atoms with Gasteiger partial charge in [-0.1, -0.05) is 11.6 Å². The van der Waals surface area contributed by atoms with Gasteiger partial charge >= 0.3 is 0 Å². The molecule has 0 bridgehead atoms. The summed E-state index contributed by atoms with van der Waals surface area (Å²) in [7, 11) is -1.17. The van der Waals surface area contributed by atoms with Crippen molar-refractivity contribution in [2.75, 3.05) is 27.3 Å². The Kier molecular flexibility index (Phi) is 4.87. The lowest BCUT2D eigenvalue weighted by atomic mass is 10.1. The monoisotopic (exact) mass is 388 g/mol. The van der Waals surface area contributed by atoms with Crippen LogP contribution in [0.4, 0.5) is 0 Å². The molecule has 0 spiro atoms. The lowest BCUT2D eigenvalue weighted by Crippen LogP contribution is -2.59. The van der Waals surface area contributed by atoms with Crippen LogP contribution >= 0.6 is 11.6 Å². The van der Waals surface area contributed by atoms with E-state index < -0.39 is 16.1 Å². The van der Waals surface area contributed by atoms with Gasteiger partial charge in [0.25, 0.3) is 0 Å². The Hall–Kier alpha value is -1.51. The molecule has 0 aliphatic carbocycles. The van der Waals surface area contributed by atoms with Crippen molar-refractivity contribution in [3.63, 3.8) is 0 Å². The van der Waals surface area contributed by atoms with Crippen LogP contribution in [0.25, 0.3) is 0 Å². The van der Waals surface area contributed by atoms with E-state index in [9.17, 15) is 13.2 Å². The Morgan fingerprint density at radius 2 is 1.88 bits per heavy atom. The molecule has 2 aliphatic rings.